The molecule has 0 amide bonds. The minimum atomic E-state index is -4.02. The number of aryl methyl sites for hydroxylation is 1. The molecule has 0 bridgehead atoms. The average molecular weight is 426 g/mol. The molecule has 1 saturated heterocycles. The molecule has 0 spiro atoms. The fourth-order valence-corrected chi connectivity index (χ4v) is 4.44. The molecule has 0 radical (unpaired) electrons. The van der Waals surface area contributed by atoms with Crippen LogP contribution in [-0.4, -0.2) is 48.2 Å². The van der Waals surface area contributed by atoms with Gasteiger partial charge >= 0.3 is 19.5 Å². The highest BCUT2D eigenvalue weighted by Crippen LogP contribution is 2.45. The summed E-state index contributed by atoms with van der Waals surface area (Å²) in [5.41, 5.74) is 6.54. The van der Waals surface area contributed by atoms with E-state index in [0.29, 0.717) is 45.2 Å². The van der Waals surface area contributed by atoms with Gasteiger partial charge < -0.3 is 20.7 Å². The molecular formula is C20H31N2O6P. The van der Waals surface area contributed by atoms with Gasteiger partial charge in [0.1, 0.15) is 6.04 Å². The second-order valence-corrected chi connectivity index (χ2v) is 9.15. The minimum Gasteiger partial charge on any atom is -0.390 e. The summed E-state index contributed by atoms with van der Waals surface area (Å²) in [5.74, 6) is -1.59. The van der Waals surface area contributed by atoms with Gasteiger partial charge in [-0.05, 0) is 63.6 Å². The standard InChI is InChI=1S/C20H31N2O6P/c21-13-5-4-12-18(20(24)27-19(23)17-11-6-14-22-17)28-29(25,26)15-7-10-16-8-2-1-3-9-16/h1-3,8-9,17-18,22H,4-7,10-15,21H2,(H,25,26)/t17-,18?/m0/s1. The molecule has 162 valence electrons. The summed E-state index contributed by atoms with van der Waals surface area (Å²) in [7, 11) is -4.02. The number of nitrogens with one attached hydrogen (secondary N) is 1. The second-order valence-electron chi connectivity index (χ2n) is 7.22. The van der Waals surface area contributed by atoms with Gasteiger partial charge in [-0.15, -0.1) is 0 Å². The van der Waals surface area contributed by atoms with E-state index < -0.39 is 31.7 Å². The van der Waals surface area contributed by atoms with Crippen LogP contribution in [0.1, 0.15) is 44.1 Å². The first kappa shape index (κ1) is 23.7. The number of unbranched alkanes of at least 4 members (excludes halogenated alkanes) is 1. The van der Waals surface area contributed by atoms with E-state index in [4.69, 9.17) is 15.0 Å². The minimum absolute atomic E-state index is 0.0826. The predicted molar refractivity (Wildman–Crippen MR) is 109 cm³/mol. The molecule has 0 saturated carbocycles. The van der Waals surface area contributed by atoms with E-state index in [0.717, 1.165) is 12.0 Å². The molecule has 9 heteroatoms. The van der Waals surface area contributed by atoms with Crippen molar-refractivity contribution in [2.75, 3.05) is 19.3 Å². The maximum atomic E-state index is 12.5. The molecule has 8 nitrogen and oxygen atoms in total. The SMILES string of the molecule is NCCCCC(OP(=O)(O)CCCc1ccccc1)C(=O)OC(=O)[C@@H]1CCCN1. The molecule has 1 heterocycles. The van der Waals surface area contributed by atoms with Crippen molar-refractivity contribution in [2.45, 2.75) is 57.1 Å². The van der Waals surface area contributed by atoms with Crippen molar-refractivity contribution < 1.29 is 28.3 Å². The molecular weight excluding hydrogens is 395 g/mol. The van der Waals surface area contributed by atoms with Gasteiger partial charge in [0.25, 0.3) is 0 Å². The molecule has 4 N–H and O–H groups in total. The van der Waals surface area contributed by atoms with Gasteiger partial charge in [0.15, 0.2) is 6.10 Å². The molecule has 29 heavy (non-hydrogen) atoms. The highest BCUT2D eigenvalue weighted by atomic mass is 31.2. The van der Waals surface area contributed by atoms with Crippen molar-refractivity contribution in [1.29, 1.82) is 0 Å². The van der Waals surface area contributed by atoms with E-state index in [1.807, 2.05) is 30.3 Å². The zero-order valence-corrected chi connectivity index (χ0v) is 17.5. The van der Waals surface area contributed by atoms with Crippen molar-refractivity contribution in [3.8, 4) is 0 Å². The Morgan fingerprint density at radius 1 is 1.24 bits per heavy atom. The Bertz CT molecular complexity index is 693. The zero-order valence-electron chi connectivity index (χ0n) is 16.6. The smallest absolute Gasteiger partial charge is 0.343 e. The third-order valence-electron chi connectivity index (χ3n) is 4.77. The number of carbonyl (C=O) groups is 2. The van der Waals surface area contributed by atoms with Crippen LogP contribution in [0.2, 0.25) is 0 Å². The Balaban J connectivity index is 1.89. The number of esters is 2. The largest absolute Gasteiger partial charge is 0.390 e. The highest BCUT2D eigenvalue weighted by Gasteiger charge is 2.33. The van der Waals surface area contributed by atoms with Crippen molar-refractivity contribution in [3.05, 3.63) is 35.9 Å². The molecule has 0 aliphatic carbocycles. The lowest BCUT2D eigenvalue weighted by Gasteiger charge is -2.20. The van der Waals surface area contributed by atoms with E-state index in [9.17, 15) is 19.0 Å². The lowest BCUT2D eigenvalue weighted by Crippen LogP contribution is -2.37. The molecule has 1 fully saturated rings. The summed E-state index contributed by atoms with van der Waals surface area (Å²) in [6.07, 6.45) is 2.48. The van der Waals surface area contributed by atoms with Gasteiger partial charge in [0.2, 0.25) is 0 Å². The normalized spacial score (nSPS) is 19.4. The fraction of sp³-hybridized carbons (Fsp3) is 0.600. The van der Waals surface area contributed by atoms with Gasteiger partial charge in [-0.3, -0.25) is 9.09 Å². The van der Waals surface area contributed by atoms with Crippen LogP contribution in [0.3, 0.4) is 0 Å². The third kappa shape index (κ3) is 8.76. The van der Waals surface area contributed by atoms with Crippen LogP contribution in [0, 0.1) is 0 Å². The van der Waals surface area contributed by atoms with E-state index in [2.05, 4.69) is 5.32 Å². The van der Waals surface area contributed by atoms with Crippen LogP contribution in [0.4, 0.5) is 0 Å². The maximum Gasteiger partial charge on any atom is 0.343 e. The monoisotopic (exact) mass is 426 g/mol. The molecule has 1 aliphatic heterocycles. The molecule has 1 aromatic rings. The number of benzene rings is 1. The summed E-state index contributed by atoms with van der Waals surface area (Å²) in [6, 6.07) is 9.09. The lowest BCUT2D eigenvalue weighted by atomic mass is 10.1. The van der Waals surface area contributed by atoms with Gasteiger partial charge in [0, 0.05) is 0 Å². The zero-order chi connectivity index (χ0) is 21.1. The quantitative estimate of drug-likeness (QED) is 0.201. The summed E-state index contributed by atoms with van der Waals surface area (Å²) < 4.78 is 22.7. The number of hydrogen-bond acceptors (Lipinski definition) is 7. The Morgan fingerprint density at radius 2 is 2.00 bits per heavy atom. The summed E-state index contributed by atoms with van der Waals surface area (Å²) in [5, 5.41) is 2.96. The molecule has 0 aromatic heterocycles. The van der Waals surface area contributed by atoms with Crippen molar-refractivity contribution in [3.63, 3.8) is 0 Å². The lowest BCUT2D eigenvalue weighted by molar-refractivity contribution is -0.166. The van der Waals surface area contributed by atoms with Gasteiger partial charge in [-0.25, -0.2) is 9.59 Å². The second kappa shape index (κ2) is 12.2. The fourth-order valence-electron chi connectivity index (χ4n) is 3.19. The third-order valence-corrected chi connectivity index (χ3v) is 6.24. The topological polar surface area (TPSA) is 128 Å². The number of nitrogens with two attached hydrogens (primary N) is 1. The summed E-state index contributed by atoms with van der Waals surface area (Å²) >= 11 is 0. The molecule has 1 aliphatic rings. The first-order valence-electron chi connectivity index (χ1n) is 10.1. The molecule has 3 atom stereocenters. The van der Waals surface area contributed by atoms with Crippen LogP contribution in [0.5, 0.6) is 0 Å². The van der Waals surface area contributed by atoms with Gasteiger partial charge in [-0.2, -0.15) is 0 Å². The van der Waals surface area contributed by atoms with Gasteiger partial charge in [0.05, 0.1) is 6.16 Å². The van der Waals surface area contributed by atoms with Crippen molar-refractivity contribution >= 4 is 19.5 Å². The average Bonchev–Trinajstić information content (AvgIpc) is 3.23. The van der Waals surface area contributed by atoms with Crippen molar-refractivity contribution in [1.82, 2.24) is 5.32 Å². The van der Waals surface area contributed by atoms with Crippen LogP contribution >= 0.6 is 7.60 Å². The Hall–Kier alpha value is -1.57. The molecule has 2 rings (SSSR count). The van der Waals surface area contributed by atoms with E-state index in [-0.39, 0.29) is 12.6 Å². The number of rotatable bonds is 12. The number of carbonyl (C=O) groups excluding carboxylic acids is 2. The first-order chi connectivity index (χ1) is 13.9. The van der Waals surface area contributed by atoms with Gasteiger partial charge in [-0.1, -0.05) is 30.3 Å². The highest BCUT2D eigenvalue weighted by molar-refractivity contribution is 7.52. The number of hydrogen-bond donors (Lipinski definition) is 3. The Morgan fingerprint density at radius 3 is 2.66 bits per heavy atom. The first-order valence-corrected chi connectivity index (χ1v) is 11.9. The van der Waals surface area contributed by atoms with Crippen LogP contribution in [-0.2, 0) is 29.8 Å². The maximum absolute atomic E-state index is 12.5. The Labute approximate surface area is 171 Å². The van der Waals surface area contributed by atoms with Crippen LogP contribution < -0.4 is 11.1 Å². The Kier molecular flexibility index (Phi) is 9.97. The van der Waals surface area contributed by atoms with E-state index >= 15 is 0 Å². The number of ether oxygens (including phenoxy) is 1. The summed E-state index contributed by atoms with van der Waals surface area (Å²) in [6.45, 7) is 1.12. The van der Waals surface area contributed by atoms with E-state index in [1.54, 1.807) is 0 Å². The summed E-state index contributed by atoms with van der Waals surface area (Å²) in [4.78, 5) is 34.7. The van der Waals surface area contributed by atoms with E-state index in [1.165, 1.54) is 0 Å². The molecule has 1 aromatic carbocycles. The van der Waals surface area contributed by atoms with Crippen LogP contribution in [0.25, 0.3) is 0 Å². The molecule has 2 unspecified atom stereocenters. The predicted octanol–water partition coefficient (Wildman–Crippen LogP) is 2.14. The van der Waals surface area contributed by atoms with Crippen LogP contribution in [0.15, 0.2) is 30.3 Å². The van der Waals surface area contributed by atoms with Crippen molar-refractivity contribution in [2.24, 2.45) is 5.73 Å².